The van der Waals surface area contributed by atoms with Crippen LogP contribution in [0.25, 0.3) is 0 Å². The van der Waals surface area contributed by atoms with Gasteiger partial charge in [-0.1, -0.05) is 18.2 Å². The SMILES string of the molecule is O=C(c1ccccc1)N1C[C@H]2C[C@@H](O)CN2C2(CN(CCCO)C2)C1. The first kappa shape index (κ1) is 17.0. The van der Waals surface area contributed by atoms with Gasteiger partial charge < -0.3 is 15.1 Å². The van der Waals surface area contributed by atoms with Crippen molar-refractivity contribution in [3.63, 3.8) is 0 Å². The molecule has 3 saturated heterocycles. The van der Waals surface area contributed by atoms with Gasteiger partial charge in [0.1, 0.15) is 0 Å². The minimum atomic E-state index is -0.292. The average Bonchev–Trinajstić information content (AvgIpc) is 2.98. The first-order valence-electron chi connectivity index (χ1n) is 9.24. The highest BCUT2D eigenvalue weighted by molar-refractivity contribution is 5.94. The van der Waals surface area contributed by atoms with Gasteiger partial charge in [-0.2, -0.15) is 0 Å². The molecule has 1 aromatic rings. The number of likely N-dealkylation sites (tertiary alicyclic amines) is 1. The number of aliphatic hydroxyl groups excluding tert-OH is 2. The Morgan fingerprint density at radius 1 is 1.16 bits per heavy atom. The third-order valence-electron chi connectivity index (χ3n) is 5.89. The Bertz CT molecular complexity index is 618. The second kappa shape index (κ2) is 6.68. The number of hydrogen-bond donors (Lipinski definition) is 2. The summed E-state index contributed by atoms with van der Waals surface area (Å²) in [6, 6.07) is 9.72. The van der Waals surface area contributed by atoms with E-state index in [4.69, 9.17) is 5.11 Å². The molecule has 6 heteroatoms. The van der Waals surface area contributed by atoms with Crippen LogP contribution in [-0.2, 0) is 0 Å². The Hall–Kier alpha value is -1.47. The monoisotopic (exact) mass is 345 g/mol. The van der Waals surface area contributed by atoms with Crippen LogP contribution >= 0.6 is 0 Å². The summed E-state index contributed by atoms with van der Waals surface area (Å²) in [4.78, 5) is 19.7. The molecule has 1 amide bonds. The maximum absolute atomic E-state index is 12.9. The van der Waals surface area contributed by atoms with Crippen LogP contribution in [0.1, 0.15) is 23.2 Å². The summed E-state index contributed by atoms with van der Waals surface area (Å²) in [5.41, 5.74) is 0.696. The van der Waals surface area contributed by atoms with Gasteiger partial charge in [0.2, 0.25) is 0 Å². The van der Waals surface area contributed by atoms with Crippen molar-refractivity contribution in [2.75, 3.05) is 45.9 Å². The van der Waals surface area contributed by atoms with Crippen LogP contribution in [0.4, 0.5) is 0 Å². The molecule has 3 fully saturated rings. The predicted molar refractivity (Wildman–Crippen MR) is 94.3 cm³/mol. The number of piperazine rings is 1. The molecule has 136 valence electrons. The van der Waals surface area contributed by atoms with Gasteiger partial charge in [-0.3, -0.25) is 14.6 Å². The number of carbonyl (C=O) groups excluding carboxylic acids is 1. The molecule has 0 aliphatic carbocycles. The zero-order chi connectivity index (χ0) is 17.4. The first-order chi connectivity index (χ1) is 12.1. The number of aliphatic hydroxyl groups is 2. The maximum Gasteiger partial charge on any atom is 0.253 e. The van der Waals surface area contributed by atoms with Gasteiger partial charge >= 0.3 is 0 Å². The molecule has 25 heavy (non-hydrogen) atoms. The first-order valence-corrected chi connectivity index (χ1v) is 9.24. The summed E-state index contributed by atoms with van der Waals surface area (Å²) in [5.74, 6) is 0.0924. The third-order valence-corrected chi connectivity index (χ3v) is 5.89. The molecule has 2 atom stereocenters. The molecule has 3 aliphatic rings. The number of carbonyl (C=O) groups is 1. The van der Waals surface area contributed by atoms with E-state index in [1.165, 1.54) is 0 Å². The number of nitrogens with zero attached hydrogens (tertiary/aromatic N) is 3. The Labute approximate surface area is 148 Å². The van der Waals surface area contributed by atoms with Gasteiger partial charge in [-0.25, -0.2) is 0 Å². The second-order valence-corrected chi connectivity index (χ2v) is 7.76. The topological polar surface area (TPSA) is 67.3 Å². The van der Waals surface area contributed by atoms with Gasteiger partial charge in [0.25, 0.3) is 5.91 Å². The highest BCUT2D eigenvalue weighted by Gasteiger charge is 2.56. The third kappa shape index (κ3) is 3.08. The van der Waals surface area contributed by atoms with E-state index in [2.05, 4.69) is 9.80 Å². The van der Waals surface area contributed by atoms with Crippen LogP contribution in [0.3, 0.4) is 0 Å². The largest absolute Gasteiger partial charge is 0.396 e. The molecule has 3 aliphatic heterocycles. The quantitative estimate of drug-likeness (QED) is 0.805. The van der Waals surface area contributed by atoms with Gasteiger partial charge in [0.05, 0.1) is 11.6 Å². The lowest BCUT2D eigenvalue weighted by Crippen LogP contribution is -2.78. The lowest BCUT2D eigenvalue weighted by Gasteiger charge is -2.61. The van der Waals surface area contributed by atoms with Crippen LogP contribution < -0.4 is 0 Å². The molecule has 2 N–H and O–H groups in total. The summed E-state index contributed by atoms with van der Waals surface area (Å²) in [7, 11) is 0. The molecule has 4 rings (SSSR count). The number of amides is 1. The van der Waals surface area contributed by atoms with Crippen LogP contribution in [0, 0.1) is 0 Å². The number of fused-ring (bicyclic) bond motifs is 2. The van der Waals surface area contributed by atoms with E-state index >= 15 is 0 Å². The number of β-amino-alcohol motifs (C(OH)–C–C–N with tert-alkyl or cyclic N) is 1. The molecule has 6 nitrogen and oxygen atoms in total. The van der Waals surface area contributed by atoms with Crippen molar-refractivity contribution in [2.45, 2.75) is 30.5 Å². The molecular formula is C19H27N3O3. The van der Waals surface area contributed by atoms with Crippen molar-refractivity contribution in [1.82, 2.24) is 14.7 Å². The fraction of sp³-hybridized carbons (Fsp3) is 0.632. The number of rotatable bonds is 4. The van der Waals surface area contributed by atoms with Crippen molar-refractivity contribution in [1.29, 1.82) is 0 Å². The van der Waals surface area contributed by atoms with Crippen LogP contribution in [0.15, 0.2) is 30.3 Å². The van der Waals surface area contributed by atoms with E-state index in [9.17, 15) is 9.90 Å². The molecule has 0 saturated carbocycles. The number of hydrogen-bond acceptors (Lipinski definition) is 5. The van der Waals surface area contributed by atoms with Gasteiger partial charge in [0.15, 0.2) is 0 Å². The van der Waals surface area contributed by atoms with Crippen molar-refractivity contribution in [3.8, 4) is 0 Å². The van der Waals surface area contributed by atoms with Crippen molar-refractivity contribution >= 4 is 5.91 Å². The van der Waals surface area contributed by atoms with Crippen molar-refractivity contribution in [3.05, 3.63) is 35.9 Å². The standard InChI is InChI=1S/C19H27N3O3/c23-8-4-7-20-12-19(13-20)14-21(10-16-9-17(24)11-22(16)19)18(25)15-5-2-1-3-6-15/h1-3,5-6,16-17,23-24H,4,7-14H2/t16-,17-/m1/s1. The molecule has 1 aromatic carbocycles. The van der Waals surface area contributed by atoms with Gasteiger partial charge in [0, 0.05) is 57.5 Å². The molecular weight excluding hydrogens is 318 g/mol. The molecule has 0 bridgehead atoms. The zero-order valence-corrected chi connectivity index (χ0v) is 14.5. The Kier molecular flexibility index (Phi) is 4.54. The van der Waals surface area contributed by atoms with Gasteiger partial charge in [-0.15, -0.1) is 0 Å². The minimum Gasteiger partial charge on any atom is -0.396 e. The normalized spacial score (nSPS) is 28.8. The predicted octanol–water partition coefficient (Wildman–Crippen LogP) is 0.0144. The highest BCUT2D eigenvalue weighted by atomic mass is 16.3. The van der Waals surface area contributed by atoms with E-state index in [1.54, 1.807) is 0 Å². The van der Waals surface area contributed by atoms with Crippen LogP contribution in [0.2, 0.25) is 0 Å². The van der Waals surface area contributed by atoms with Crippen molar-refractivity contribution < 1.29 is 15.0 Å². The molecule has 0 unspecified atom stereocenters. The zero-order valence-electron chi connectivity index (χ0n) is 14.5. The lowest BCUT2D eigenvalue weighted by molar-refractivity contribution is -0.106. The van der Waals surface area contributed by atoms with E-state index in [1.807, 2.05) is 35.2 Å². The van der Waals surface area contributed by atoms with E-state index in [-0.39, 0.29) is 30.2 Å². The summed E-state index contributed by atoms with van der Waals surface area (Å²) < 4.78 is 0. The van der Waals surface area contributed by atoms with Crippen LogP contribution in [0.5, 0.6) is 0 Å². The molecule has 1 spiro atoms. The summed E-state index contributed by atoms with van der Waals surface area (Å²) in [6.45, 7) is 5.07. The lowest BCUT2D eigenvalue weighted by atomic mass is 9.83. The molecule has 0 aromatic heterocycles. The van der Waals surface area contributed by atoms with E-state index < -0.39 is 0 Å². The smallest absolute Gasteiger partial charge is 0.253 e. The average molecular weight is 345 g/mol. The summed E-state index contributed by atoms with van der Waals surface area (Å²) in [5, 5.41) is 19.2. The minimum absolute atomic E-state index is 0.0414. The molecule has 3 heterocycles. The Balaban J connectivity index is 1.51. The number of benzene rings is 1. The Morgan fingerprint density at radius 2 is 1.92 bits per heavy atom. The van der Waals surface area contributed by atoms with E-state index in [0.29, 0.717) is 13.1 Å². The maximum atomic E-state index is 12.9. The highest BCUT2D eigenvalue weighted by Crippen LogP contribution is 2.39. The van der Waals surface area contributed by atoms with Gasteiger partial charge in [-0.05, 0) is 25.0 Å². The Morgan fingerprint density at radius 3 is 2.64 bits per heavy atom. The summed E-state index contributed by atoms with van der Waals surface area (Å²) in [6.07, 6.45) is 1.24. The second-order valence-electron chi connectivity index (χ2n) is 7.76. The fourth-order valence-corrected chi connectivity index (χ4v) is 4.85. The fourth-order valence-electron chi connectivity index (χ4n) is 4.85. The van der Waals surface area contributed by atoms with Crippen molar-refractivity contribution in [2.24, 2.45) is 0 Å². The van der Waals surface area contributed by atoms with Crippen LogP contribution in [-0.4, -0.2) is 94.4 Å². The van der Waals surface area contributed by atoms with E-state index in [0.717, 1.165) is 44.6 Å². The summed E-state index contributed by atoms with van der Waals surface area (Å²) >= 11 is 0. The molecule has 0 radical (unpaired) electrons.